The number of ether oxygens (including phenoxy) is 1. The van der Waals surface area contributed by atoms with Crippen molar-refractivity contribution in [3.05, 3.63) is 33.4 Å². The molecule has 2 nitrogen and oxygen atoms in total. The van der Waals surface area contributed by atoms with Crippen molar-refractivity contribution in [2.24, 2.45) is 0 Å². The minimum atomic E-state index is -0.400. The largest absolute Gasteiger partial charge is 0.465 e. The van der Waals surface area contributed by atoms with Gasteiger partial charge in [0.2, 0.25) is 0 Å². The average Bonchev–Trinajstić information content (AvgIpc) is 2.67. The molecule has 0 unspecified atom stereocenters. The number of rotatable bonds is 1. The predicted molar refractivity (Wildman–Crippen MR) is 60.8 cm³/mol. The van der Waals surface area contributed by atoms with Gasteiger partial charge in [0, 0.05) is 0 Å². The Labute approximate surface area is 97.8 Å². The number of carbonyl (C=O) groups excluding carboxylic acids is 1. The van der Waals surface area contributed by atoms with E-state index in [2.05, 4.69) is 20.7 Å². The molecule has 15 heavy (non-hydrogen) atoms. The van der Waals surface area contributed by atoms with E-state index in [1.807, 2.05) is 0 Å². The summed E-state index contributed by atoms with van der Waals surface area (Å²) in [6, 6.07) is 4.69. The third kappa shape index (κ3) is 1.77. The highest BCUT2D eigenvalue weighted by atomic mass is 79.9. The summed E-state index contributed by atoms with van der Waals surface area (Å²) in [6.45, 7) is 0. The summed E-state index contributed by atoms with van der Waals surface area (Å²) in [6.07, 6.45) is 0. The molecule has 0 spiro atoms. The smallest absolute Gasteiger partial charge is 0.348 e. The number of hydrogen-bond acceptors (Lipinski definition) is 3. The van der Waals surface area contributed by atoms with Crippen LogP contribution in [0.15, 0.2) is 22.7 Å². The Morgan fingerprint density at radius 3 is 2.93 bits per heavy atom. The first kappa shape index (κ1) is 10.6. The maximum Gasteiger partial charge on any atom is 0.348 e. The number of halogens is 2. The van der Waals surface area contributed by atoms with Crippen LogP contribution in [-0.4, -0.2) is 13.1 Å². The first-order valence-corrected chi connectivity index (χ1v) is 5.70. The molecule has 0 saturated carbocycles. The van der Waals surface area contributed by atoms with E-state index in [0.29, 0.717) is 9.35 Å². The number of carbonyl (C=O) groups is 1. The van der Waals surface area contributed by atoms with Crippen molar-refractivity contribution in [3.63, 3.8) is 0 Å². The molecule has 0 amide bonds. The van der Waals surface area contributed by atoms with Crippen LogP contribution in [0.2, 0.25) is 0 Å². The molecule has 2 aromatic rings. The first-order chi connectivity index (χ1) is 7.13. The van der Waals surface area contributed by atoms with Crippen molar-refractivity contribution in [1.82, 2.24) is 0 Å². The van der Waals surface area contributed by atoms with E-state index in [1.54, 1.807) is 12.1 Å². The van der Waals surface area contributed by atoms with Gasteiger partial charge in [-0.2, -0.15) is 0 Å². The zero-order chi connectivity index (χ0) is 11.0. The summed E-state index contributed by atoms with van der Waals surface area (Å²) in [7, 11) is 1.32. The van der Waals surface area contributed by atoms with E-state index < -0.39 is 5.97 Å². The van der Waals surface area contributed by atoms with Gasteiger partial charge in [-0.3, -0.25) is 0 Å². The topological polar surface area (TPSA) is 26.3 Å². The van der Waals surface area contributed by atoms with Crippen LogP contribution in [0.4, 0.5) is 4.39 Å². The third-order valence-electron chi connectivity index (χ3n) is 1.97. The number of fused-ring (bicyclic) bond motifs is 1. The highest BCUT2D eigenvalue weighted by Crippen LogP contribution is 2.34. The minimum absolute atomic E-state index is 0.333. The van der Waals surface area contributed by atoms with Crippen LogP contribution in [0.25, 0.3) is 10.1 Å². The Hall–Kier alpha value is -0.940. The quantitative estimate of drug-likeness (QED) is 0.750. The maximum absolute atomic E-state index is 13.2. The van der Waals surface area contributed by atoms with Gasteiger partial charge >= 0.3 is 5.97 Å². The number of thiophene rings is 1. The van der Waals surface area contributed by atoms with Crippen molar-refractivity contribution < 1.29 is 13.9 Å². The second kappa shape index (κ2) is 3.90. The standard InChI is InChI=1S/C10H6BrFO2S/c1-14-10(13)7-4-5-2-3-6(12)8(11)9(5)15-7/h2-4H,1H3. The molecule has 1 aromatic carbocycles. The highest BCUT2D eigenvalue weighted by Gasteiger charge is 2.13. The van der Waals surface area contributed by atoms with Crippen LogP contribution in [0, 0.1) is 5.82 Å². The second-order valence-corrected chi connectivity index (χ2v) is 4.73. The van der Waals surface area contributed by atoms with Crippen molar-refractivity contribution in [3.8, 4) is 0 Å². The Morgan fingerprint density at radius 1 is 1.53 bits per heavy atom. The van der Waals surface area contributed by atoms with Gasteiger partial charge in [-0.25, -0.2) is 9.18 Å². The Balaban J connectivity index is 2.66. The van der Waals surface area contributed by atoms with Crippen LogP contribution >= 0.6 is 27.3 Å². The van der Waals surface area contributed by atoms with E-state index in [4.69, 9.17) is 0 Å². The Bertz CT molecular complexity index is 535. The summed E-state index contributed by atoms with van der Waals surface area (Å²) in [5.74, 6) is -0.732. The van der Waals surface area contributed by atoms with E-state index in [-0.39, 0.29) is 5.82 Å². The predicted octanol–water partition coefficient (Wildman–Crippen LogP) is 3.59. The maximum atomic E-state index is 13.2. The van der Waals surface area contributed by atoms with Gasteiger partial charge in [-0.15, -0.1) is 11.3 Å². The molecule has 1 aromatic heterocycles. The fraction of sp³-hybridized carbons (Fsp3) is 0.100. The van der Waals surface area contributed by atoms with E-state index in [0.717, 1.165) is 10.1 Å². The Kier molecular flexibility index (Phi) is 2.75. The summed E-state index contributed by atoms with van der Waals surface area (Å²) in [5, 5.41) is 0.827. The highest BCUT2D eigenvalue weighted by molar-refractivity contribution is 9.10. The minimum Gasteiger partial charge on any atom is -0.465 e. The SMILES string of the molecule is COC(=O)c1cc2ccc(F)c(Br)c2s1. The molecule has 0 fully saturated rings. The number of hydrogen-bond donors (Lipinski definition) is 0. The monoisotopic (exact) mass is 288 g/mol. The summed E-state index contributed by atoms with van der Waals surface area (Å²) < 4.78 is 18.9. The average molecular weight is 289 g/mol. The molecule has 5 heteroatoms. The van der Waals surface area contributed by atoms with Gasteiger partial charge in [0.05, 0.1) is 16.3 Å². The van der Waals surface area contributed by atoms with Gasteiger partial charge in [-0.1, -0.05) is 6.07 Å². The molecule has 0 radical (unpaired) electrons. The number of methoxy groups -OCH3 is 1. The van der Waals surface area contributed by atoms with Crippen molar-refractivity contribution in [2.45, 2.75) is 0 Å². The molecular formula is C10H6BrFO2S. The zero-order valence-electron chi connectivity index (χ0n) is 7.71. The van der Waals surface area contributed by atoms with Crippen LogP contribution in [-0.2, 0) is 4.74 Å². The van der Waals surface area contributed by atoms with Gasteiger partial charge in [0.1, 0.15) is 10.7 Å². The fourth-order valence-corrected chi connectivity index (χ4v) is 2.85. The summed E-state index contributed by atoms with van der Waals surface area (Å²) in [4.78, 5) is 11.7. The van der Waals surface area contributed by atoms with Crippen LogP contribution in [0.3, 0.4) is 0 Å². The van der Waals surface area contributed by atoms with Gasteiger partial charge in [-0.05, 0) is 33.4 Å². The van der Waals surface area contributed by atoms with Crippen LogP contribution in [0.1, 0.15) is 9.67 Å². The van der Waals surface area contributed by atoms with E-state index in [1.165, 1.54) is 24.5 Å². The Morgan fingerprint density at radius 2 is 2.27 bits per heavy atom. The molecular weight excluding hydrogens is 283 g/mol. The molecule has 0 aliphatic carbocycles. The van der Waals surface area contributed by atoms with Crippen molar-refractivity contribution >= 4 is 43.3 Å². The molecule has 0 bridgehead atoms. The van der Waals surface area contributed by atoms with Crippen molar-refractivity contribution in [2.75, 3.05) is 7.11 Å². The van der Waals surface area contributed by atoms with E-state index in [9.17, 15) is 9.18 Å². The summed E-state index contributed by atoms with van der Waals surface area (Å²) in [5.41, 5.74) is 0. The van der Waals surface area contributed by atoms with E-state index >= 15 is 0 Å². The molecule has 1 heterocycles. The lowest BCUT2D eigenvalue weighted by Crippen LogP contribution is -1.96. The lowest BCUT2D eigenvalue weighted by molar-refractivity contribution is 0.0606. The zero-order valence-corrected chi connectivity index (χ0v) is 10.1. The lowest BCUT2D eigenvalue weighted by atomic mass is 10.2. The van der Waals surface area contributed by atoms with Crippen LogP contribution < -0.4 is 0 Å². The molecule has 0 aliphatic rings. The fourth-order valence-electron chi connectivity index (χ4n) is 1.25. The van der Waals surface area contributed by atoms with Crippen molar-refractivity contribution in [1.29, 1.82) is 0 Å². The van der Waals surface area contributed by atoms with Gasteiger partial charge < -0.3 is 4.74 Å². The number of esters is 1. The first-order valence-electron chi connectivity index (χ1n) is 4.09. The van der Waals surface area contributed by atoms with Gasteiger partial charge in [0.15, 0.2) is 0 Å². The lowest BCUT2D eigenvalue weighted by Gasteiger charge is -1.94. The second-order valence-electron chi connectivity index (χ2n) is 2.88. The third-order valence-corrected chi connectivity index (χ3v) is 4.15. The molecule has 2 rings (SSSR count). The summed E-state index contributed by atoms with van der Waals surface area (Å²) >= 11 is 4.36. The molecule has 0 atom stereocenters. The normalized spacial score (nSPS) is 10.6. The number of benzene rings is 1. The molecule has 78 valence electrons. The van der Waals surface area contributed by atoms with Crippen LogP contribution in [0.5, 0.6) is 0 Å². The molecule has 0 N–H and O–H groups in total. The molecule has 0 saturated heterocycles. The molecule has 0 aliphatic heterocycles. The van der Waals surface area contributed by atoms with Gasteiger partial charge in [0.25, 0.3) is 0 Å².